The number of Topliss-reactive ketones (excluding diaryl/α,β-unsaturated/α-hetero) is 2. The monoisotopic (exact) mass is 334 g/mol. The number of methoxy groups -OCH3 is 1. The van der Waals surface area contributed by atoms with E-state index in [0.29, 0.717) is 5.56 Å². The van der Waals surface area contributed by atoms with Gasteiger partial charge in [0, 0.05) is 17.9 Å². The standard InChI is InChI=1S/C18H22O6/c1-9(19)15-13(22)8-18(3,23)17(10(2)20)16(15)11-5-6-12(21)14(7-11)24-4/h5-7,16-17,21-23H,8H2,1-4H3. The second-order valence-electron chi connectivity index (χ2n) is 6.45. The number of benzene rings is 1. The van der Waals surface area contributed by atoms with Gasteiger partial charge in [-0.1, -0.05) is 6.07 Å². The average molecular weight is 334 g/mol. The molecule has 0 heterocycles. The number of carbonyl (C=O) groups is 2. The number of ketones is 2. The Morgan fingerprint density at radius 2 is 1.88 bits per heavy atom. The molecule has 0 amide bonds. The lowest BCUT2D eigenvalue weighted by molar-refractivity contribution is -0.132. The fourth-order valence-electron chi connectivity index (χ4n) is 3.59. The third kappa shape index (κ3) is 3.01. The number of aliphatic hydroxyl groups is 2. The van der Waals surface area contributed by atoms with Gasteiger partial charge in [0.1, 0.15) is 11.5 Å². The van der Waals surface area contributed by atoms with Crippen LogP contribution in [0.1, 0.15) is 38.7 Å². The maximum atomic E-state index is 12.2. The van der Waals surface area contributed by atoms with Gasteiger partial charge in [-0.15, -0.1) is 0 Å². The zero-order chi connectivity index (χ0) is 18.2. The highest BCUT2D eigenvalue weighted by atomic mass is 16.5. The maximum absolute atomic E-state index is 12.2. The number of ether oxygens (including phenoxy) is 1. The third-order valence-electron chi connectivity index (χ3n) is 4.53. The first kappa shape index (κ1) is 18.0. The van der Waals surface area contributed by atoms with Crippen molar-refractivity contribution in [1.29, 1.82) is 0 Å². The predicted molar refractivity (Wildman–Crippen MR) is 87.1 cm³/mol. The summed E-state index contributed by atoms with van der Waals surface area (Å²) in [7, 11) is 1.39. The van der Waals surface area contributed by atoms with E-state index >= 15 is 0 Å². The van der Waals surface area contributed by atoms with Crippen molar-refractivity contribution in [3.8, 4) is 11.5 Å². The molecule has 130 valence electrons. The van der Waals surface area contributed by atoms with Gasteiger partial charge in [0.2, 0.25) is 0 Å². The van der Waals surface area contributed by atoms with Crippen LogP contribution in [0.4, 0.5) is 0 Å². The van der Waals surface area contributed by atoms with Crippen LogP contribution in [0.5, 0.6) is 11.5 Å². The molecular weight excluding hydrogens is 312 g/mol. The molecule has 0 saturated heterocycles. The number of hydrogen-bond acceptors (Lipinski definition) is 6. The second-order valence-corrected chi connectivity index (χ2v) is 6.45. The summed E-state index contributed by atoms with van der Waals surface area (Å²) in [6.45, 7) is 4.13. The number of phenols is 1. The molecule has 3 atom stereocenters. The van der Waals surface area contributed by atoms with Crippen LogP contribution in [0.25, 0.3) is 0 Å². The summed E-state index contributed by atoms with van der Waals surface area (Å²) in [5.41, 5.74) is -0.888. The van der Waals surface area contributed by atoms with Gasteiger partial charge in [-0.3, -0.25) is 9.59 Å². The smallest absolute Gasteiger partial charge is 0.160 e. The van der Waals surface area contributed by atoms with E-state index in [-0.39, 0.29) is 40.8 Å². The van der Waals surface area contributed by atoms with Crippen LogP contribution >= 0.6 is 0 Å². The number of aromatic hydroxyl groups is 1. The lowest BCUT2D eigenvalue weighted by Gasteiger charge is -2.42. The van der Waals surface area contributed by atoms with Crippen molar-refractivity contribution in [3.63, 3.8) is 0 Å². The Kier molecular flexibility index (Phi) is 4.71. The largest absolute Gasteiger partial charge is 0.512 e. The average Bonchev–Trinajstić information content (AvgIpc) is 2.44. The molecule has 1 aromatic rings. The minimum Gasteiger partial charge on any atom is -0.512 e. The summed E-state index contributed by atoms with van der Waals surface area (Å²) in [6.07, 6.45) is -0.169. The van der Waals surface area contributed by atoms with Crippen LogP contribution in [0.2, 0.25) is 0 Å². The van der Waals surface area contributed by atoms with Gasteiger partial charge in [-0.25, -0.2) is 0 Å². The van der Waals surface area contributed by atoms with E-state index in [9.17, 15) is 24.9 Å². The van der Waals surface area contributed by atoms with Gasteiger partial charge in [0.25, 0.3) is 0 Å². The number of carbonyl (C=O) groups excluding carboxylic acids is 2. The summed E-state index contributed by atoms with van der Waals surface area (Å²) in [4.78, 5) is 24.3. The quantitative estimate of drug-likeness (QED) is 0.780. The Bertz CT molecular complexity index is 716. The van der Waals surface area contributed by atoms with Crippen LogP contribution < -0.4 is 4.74 Å². The van der Waals surface area contributed by atoms with Crippen molar-refractivity contribution < 1.29 is 29.6 Å². The molecule has 0 radical (unpaired) electrons. The Morgan fingerprint density at radius 3 is 2.38 bits per heavy atom. The molecule has 1 aliphatic rings. The molecular formula is C18H22O6. The van der Waals surface area contributed by atoms with Gasteiger partial charge in [0.15, 0.2) is 17.3 Å². The molecule has 1 aliphatic carbocycles. The molecule has 6 nitrogen and oxygen atoms in total. The lowest BCUT2D eigenvalue weighted by atomic mass is 9.64. The van der Waals surface area contributed by atoms with Crippen molar-refractivity contribution in [2.24, 2.45) is 5.92 Å². The van der Waals surface area contributed by atoms with E-state index in [1.807, 2.05) is 0 Å². The van der Waals surface area contributed by atoms with Crippen molar-refractivity contribution in [3.05, 3.63) is 35.1 Å². The fraction of sp³-hybridized carbons (Fsp3) is 0.444. The summed E-state index contributed by atoms with van der Waals surface area (Å²) in [6, 6.07) is 4.45. The highest BCUT2D eigenvalue weighted by molar-refractivity contribution is 5.97. The molecule has 0 aromatic heterocycles. The highest BCUT2D eigenvalue weighted by Crippen LogP contribution is 2.48. The molecule has 2 rings (SSSR count). The Morgan fingerprint density at radius 1 is 1.25 bits per heavy atom. The zero-order valence-electron chi connectivity index (χ0n) is 14.2. The lowest BCUT2D eigenvalue weighted by Crippen LogP contribution is -2.47. The predicted octanol–water partition coefficient (Wildman–Crippen LogP) is 2.25. The van der Waals surface area contributed by atoms with E-state index in [1.165, 1.54) is 40.0 Å². The van der Waals surface area contributed by atoms with E-state index in [2.05, 4.69) is 0 Å². The molecule has 1 aromatic carbocycles. The van der Waals surface area contributed by atoms with E-state index in [0.717, 1.165) is 0 Å². The van der Waals surface area contributed by atoms with E-state index < -0.39 is 17.4 Å². The van der Waals surface area contributed by atoms with Crippen molar-refractivity contribution in [1.82, 2.24) is 0 Å². The number of rotatable bonds is 4. The van der Waals surface area contributed by atoms with E-state index in [4.69, 9.17) is 4.74 Å². The Hall–Kier alpha value is -2.34. The van der Waals surface area contributed by atoms with Crippen LogP contribution in [0.15, 0.2) is 29.5 Å². The molecule has 0 spiro atoms. The van der Waals surface area contributed by atoms with Crippen molar-refractivity contribution >= 4 is 11.6 Å². The fourth-order valence-corrected chi connectivity index (χ4v) is 3.59. The molecule has 24 heavy (non-hydrogen) atoms. The number of aliphatic hydroxyl groups excluding tert-OH is 1. The molecule has 0 saturated carbocycles. The van der Waals surface area contributed by atoms with E-state index in [1.54, 1.807) is 6.07 Å². The van der Waals surface area contributed by atoms with Gasteiger partial charge >= 0.3 is 0 Å². The number of phenolic OH excluding ortho intramolecular Hbond substituents is 1. The van der Waals surface area contributed by atoms with Gasteiger partial charge in [-0.05, 0) is 38.5 Å². The zero-order valence-corrected chi connectivity index (χ0v) is 14.2. The maximum Gasteiger partial charge on any atom is 0.160 e. The highest BCUT2D eigenvalue weighted by Gasteiger charge is 2.49. The first-order valence-electron chi connectivity index (χ1n) is 7.62. The SMILES string of the molecule is COc1cc(C2C(C(C)=O)=C(O)CC(C)(O)C2C(C)=O)ccc1O. The normalized spacial score (nSPS) is 27.0. The van der Waals surface area contributed by atoms with Crippen molar-refractivity contribution in [2.75, 3.05) is 7.11 Å². The van der Waals surface area contributed by atoms with Crippen molar-refractivity contribution in [2.45, 2.75) is 38.7 Å². The van der Waals surface area contributed by atoms with Crippen LogP contribution in [0.3, 0.4) is 0 Å². The van der Waals surface area contributed by atoms with Gasteiger partial charge in [-0.2, -0.15) is 0 Å². The summed E-state index contributed by atoms with van der Waals surface area (Å²) >= 11 is 0. The Balaban J connectivity index is 2.73. The van der Waals surface area contributed by atoms with Gasteiger partial charge in [0.05, 0.1) is 18.6 Å². The number of hydrogen-bond donors (Lipinski definition) is 3. The molecule has 0 fully saturated rings. The third-order valence-corrected chi connectivity index (χ3v) is 4.53. The molecule has 0 bridgehead atoms. The topological polar surface area (TPSA) is 104 Å². The van der Waals surface area contributed by atoms with Crippen LogP contribution in [-0.4, -0.2) is 39.6 Å². The molecule has 0 aliphatic heterocycles. The summed E-state index contributed by atoms with van der Waals surface area (Å²) < 4.78 is 5.09. The summed E-state index contributed by atoms with van der Waals surface area (Å²) in [5, 5.41) is 30.7. The molecule has 3 unspecified atom stereocenters. The van der Waals surface area contributed by atoms with Crippen LogP contribution in [0, 0.1) is 5.92 Å². The first-order chi connectivity index (χ1) is 11.1. The minimum absolute atomic E-state index is 0.0826. The second kappa shape index (κ2) is 6.28. The van der Waals surface area contributed by atoms with Crippen LogP contribution in [-0.2, 0) is 9.59 Å². The molecule has 6 heteroatoms. The first-order valence-corrected chi connectivity index (χ1v) is 7.62. The summed E-state index contributed by atoms with van der Waals surface area (Å²) in [5.74, 6) is -2.50. The minimum atomic E-state index is -1.50. The number of allylic oxidation sites excluding steroid dienone is 1. The Labute approximate surface area is 140 Å². The molecule has 3 N–H and O–H groups in total. The van der Waals surface area contributed by atoms with Gasteiger partial charge < -0.3 is 20.1 Å².